The number of nitrogens with one attached hydrogen (secondary N) is 1. The van der Waals surface area contributed by atoms with Crippen molar-refractivity contribution in [2.24, 2.45) is 5.92 Å². The lowest BCUT2D eigenvalue weighted by Gasteiger charge is -2.35. The maximum Gasteiger partial charge on any atom is 0.410 e. The lowest BCUT2D eigenvalue weighted by atomic mass is 9.93. The van der Waals surface area contributed by atoms with Gasteiger partial charge in [0.15, 0.2) is 6.04 Å². The number of alkyl halides is 3. The van der Waals surface area contributed by atoms with E-state index in [2.05, 4.69) is 10.4 Å². The maximum absolute atomic E-state index is 14.0. The Morgan fingerprint density at radius 2 is 2.00 bits per heavy atom. The monoisotopic (exact) mass is 438 g/mol. The number of hydrogen-bond acceptors (Lipinski definition) is 3. The van der Waals surface area contributed by atoms with Crippen LogP contribution in [0.4, 0.5) is 23.4 Å². The number of benzene rings is 1. The molecule has 0 saturated carbocycles. The van der Waals surface area contributed by atoms with Crippen LogP contribution in [0.15, 0.2) is 30.3 Å². The third kappa shape index (κ3) is 4.27. The Balaban J connectivity index is 1.58. The molecular weight excluding hydrogens is 412 g/mol. The van der Waals surface area contributed by atoms with Crippen LogP contribution >= 0.6 is 0 Å². The van der Waals surface area contributed by atoms with E-state index < -0.39 is 23.9 Å². The van der Waals surface area contributed by atoms with Crippen molar-refractivity contribution in [2.75, 3.05) is 18.4 Å². The molecule has 1 amide bonds. The molecule has 0 unspecified atom stereocenters. The van der Waals surface area contributed by atoms with Crippen LogP contribution in [0, 0.1) is 11.7 Å². The third-order valence-electron chi connectivity index (χ3n) is 6.27. The van der Waals surface area contributed by atoms with Gasteiger partial charge in [0.05, 0.1) is 11.3 Å². The van der Waals surface area contributed by atoms with Gasteiger partial charge < -0.3 is 10.2 Å². The summed E-state index contributed by atoms with van der Waals surface area (Å²) >= 11 is 0. The molecule has 1 N–H and O–H groups in total. The first-order valence-electron chi connectivity index (χ1n) is 10.6. The highest BCUT2D eigenvalue weighted by molar-refractivity contribution is 5.94. The van der Waals surface area contributed by atoms with E-state index in [4.69, 9.17) is 0 Å². The molecule has 0 radical (unpaired) electrons. The largest absolute Gasteiger partial charge is 0.410 e. The Hall–Kier alpha value is -2.58. The molecule has 2 aromatic rings. The van der Waals surface area contributed by atoms with Gasteiger partial charge in [-0.15, -0.1) is 0 Å². The highest BCUT2D eigenvalue weighted by atomic mass is 19.4. The molecule has 3 atom stereocenters. The minimum Gasteiger partial charge on any atom is -0.367 e. The Kier molecular flexibility index (Phi) is 5.70. The second-order valence-corrected chi connectivity index (χ2v) is 8.76. The van der Waals surface area contributed by atoms with Gasteiger partial charge in [-0.2, -0.15) is 18.3 Å². The lowest BCUT2D eigenvalue weighted by Crippen LogP contribution is -2.41. The highest BCUT2D eigenvalue weighted by Crippen LogP contribution is 2.42. The summed E-state index contributed by atoms with van der Waals surface area (Å²) in [6.07, 6.45) is -3.08. The zero-order chi connectivity index (χ0) is 22.3. The van der Waals surface area contributed by atoms with E-state index in [9.17, 15) is 22.4 Å². The minimum atomic E-state index is -4.40. The number of likely N-dealkylation sites (tertiary alicyclic amines) is 1. The number of amides is 1. The van der Waals surface area contributed by atoms with Crippen LogP contribution in [-0.2, 0) is 0 Å². The smallest absolute Gasteiger partial charge is 0.367 e. The predicted molar refractivity (Wildman–Crippen MR) is 108 cm³/mol. The number of halogens is 4. The van der Waals surface area contributed by atoms with Crippen molar-refractivity contribution in [1.29, 1.82) is 0 Å². The van der Waals surface area contributed by atoms with E-state index in [1.165, 1.54) is 18.2 Å². The molecule has 4 rings (SSSR count). The first kappa shape index (κ1) is 21.6. The summed E-state index contributed by atoms with van der Waals surface area (Å²) in [4.78, 5) is 14.4. The fraction of sp³-hybridized carbons (Fsp3) is 0.545. The van der Waals surface area contributed by atoms with Crippen molar-refractivity contribution in [3.63, 3.8) is 0 Å². The number of hydrogen-bond donors (Lipinski definition) is 1. The van der Waals surface area contributed by atoms with Gasteiger partial charge in [-0.05, 0) is 37.3 Å². The van der Waals surface area contributed by atoms with Gasteiger partial charge in [-0.3, -0.25) is 4.79 Å². The van der Waals surface area contributed by atoms with Crippen LogP contribution < -0.4 is 5.32 Å². The standard InChI is InChI=1S/C22H26F4N4O/c1-13(2)17-10-19(22(24,25)26)30-20(27-17)11-18(28-30)14-6-5-9-29(12-14)21(31)15-7-3-4-8-16(15)23/h3-4,7-8,11,13-14,17,19,27H,5-6,9-10,12H2,1-2H3/t14-,17+,19+/m1/s1. The Morgan fingerprint density at radius 3 is 2.68 bits per heavy atom. The number of rotatable bonds is 3. The number of anilines is 1. The molecule has 1 aromatic carbocycles. The van der Waals surface area contributed by atoms with Gasteiger partial charge in [0.25, 0.3) is 5.91 Å². The molecule has 0 aliphatic carbocycles. The molecule has 1 fully saturated rings. The second-order valence-electron chi connectivity index (χ2n) is 8.76. The molecule has 2 aliphatic rings. The first-order valence-corrected chi connectivity index (χ1v) is 10.6. The van der Waals surface area contributed by atoms with Crippen molar-refractivity contribution in [2.45, 2.75) is 57.3 Å². The molecule has 168 valence electrons. The SMILES string of the molecule is CC(C)[C@@H]1C[C@@H](C(F)(F)F)n2nc([C@@H]3CCCN(C(=O)c4ccccc4F)C3)cc2N1. The topological polar surface area (TPSA) is 50.2 Å². The summed E-state index contributed by atoms with van der Waals surface area (Å²) in [6.45, 7) is 4.57. The number of fused-ring (bicyclic) bond motifs is 1. The van der Waals surface area contributed by atoms with Gasteiger partial charge in [-0.25, -0.2) is 9.07 Å². The van der Waals surface area contributed by atoms with E-state index in [1.807, 2.05) is 13.8 Å². The number of aromatic nitrogens is 2. The first-order chi connectivity index (χ1) is 14.6. The van der Waals surface area contributed by atoms with E-state index in [-0.39, 0.29) is 29.9 Å². The summed E-state index contributed by atoms with van der Waals surface area (Å²) in [7, 11) is 0. The van der Waals surface area contributed by atoms with Crippen LogP contribution in [0.1, 0.15) is 61.1 Å². The van der Waals surface area contributed by atoms with Crippen LogP contribution in [-0.4, -0.2) is 45.9 Å². The molecule has 3 heterocycles. The van der Waals surface area contributed by atoms with Crippen molar-refractivity contribution < 1.29 is 22.4 Å². The fourth-order valence-corrected chi connectivity index (χ4v) is 4.47. The van der Waals surface area contributed by atoms with Crippen molar-refractivity contribution in [1.82, 2.24) is 14.7 Å². The molecule has 1 aromatic heterocycles. The average Bonchev–Trinajstić information content (AvgIpc) is 3.16. The van der Waals surface area contributed by atoms with E-state index in [0.717, 1.165) is 4.68 Å². The molecule has 31 heavy (non-hydrogen) atoms. The summed E-state index contributed by atoms with van der Waals surface area (Å²) < 4.78 is 56.3. The molecule has 0 bridgehead atoms. The number of carbonyl (C=O) groups is 1. The zero-order valence-corrected chi connectivity index (χ0v) is 17.5. The summed E-state index contributed by atoms with van der Waals surface area (Å²) in [5, 5.41) is 7.52. The molecule has 5 nitrogen and oxygen atoms in total. The fourth-order valence-electron chi connectivity index (χ4n) is 4.47. The van der Waals surface area contributed by atoms with E-state index in [0.29, 0.717) is 37.4 Å². The quantitative estimate of drug-likeness (QED) is 0.688. The van der Waals surface area contributed by atoms with Crippen molar-refractivity contribution in [3.05, 3.63) is 47.4 Å². The van der Waals surface area contributed by atoms with Gasteiger partial charge in [0.1, 0.15) is 11.6 Å². The van der Waals surface area contributed by atoms with Crippen LogP contribution in [0.5, 0.6) is 0 Å². The second kappa shape index (κ2) is 8.16. The number of piperidine rings is 1. The van der Waals surface area contributed by atoms with E-state index in [1.54, 1.807) is 17.0 Å². The highest BCUT2D eigenvalue weighted by Gasteiger charge is 2.47. The van der Waals surface area contributed by atoms with Crippen molar-refractivity contribution in [3.8, 4) is 0 Å². The van der Waals surface area contributed by atoms with Crippen LogP contribution in [0.3, 0.4) is 0 Å². The molecular formula is C22H26F4N4O. The maximum atomic E-state index is 14.0. The molecule has 1 saturated heterocycles. The number of nitrogens with zero attached hydrogens (tertiary/aromatic N) is 3. The van der Waals surface area contributed by atoms with Crippen molar-refractivity contribution >= 4 is 11.7 Å². The van der Waals surface area contributed by atoms with Gasteiger partial charge >= 0.3 is 6.18 Å². The van der Waals surface area contributed by atoms with Crippen LogP contribution in [0.25, 0.3) is 0 Å². The Bertz CT molecular complexity index is 955. The minimum absolute atomic E-state index is 0.00543. The Labute approximate surface area is 178 Å². The normalized spacial score (nSPS) is 24.1. The molecule has 9 heteroatoms. The summed E-state index contributed by atoms with van der Waals surface area (Å²) in [6, 6.07) is 5.52. The Morgan fingerprint density at radius 1 is 1.26 bits per heavy atom. The van der Waals surface area contributed by atoms with Gasteiger partial charge in [0.2, 0.25) is 0 Å². The molecule has 2 aliphatic heterocycles. The third-order valence-corrected chi connectivity index (χ3v) is 6.27. The summed E-state index contributed by atoms with van der Waals surface area (Å²) in [5.74, 6) is -0.780. The van der Waals surface area contributed by atoms with E-state index >= 15 is 0 Å². The van der Waals surface area contributed by atoms with Gasteiger partial charge in [-0.1, -0.05) is 26.0 Å². The van der Waals surface area contributed by atoms with Gasteiger partial charge in [0, 0.05) is 31.1 Å². The average molecular weight is 438 g/mol. The zero-order valence-electron chi connectivity index (χ0n) is 17.5. The number of carbonyl (C=O) groups excluding carboxylic acids is 1. The molecule has 0 spiro atoms. The predicted octanol–water partition coefficient (Wildman–Crippen LogP) is 4.99. The summed E-state index contributed by atoms with van der Waals surface area (Å²) in [5.41, 5.74) is 0.540. The lowest BCUT2D eigenvalue weighted by molar-refractivity contribution is -0.174. The van der Waals surface area contributed by atoms with Crippen LogP contribution in [0.2, 0.25) is 0 Å².